The lowest BCUT2D eigenvalue weighted by Crippen LogP contribution is -2.27. The Balaban J connectivity index is 2.41. The van der Waals surface area contributed by atoms with Gasteiger partial charge in [0, 0.05) is 35.4 Å². The van der Waals surface area contributed by atoms with E-state index >= 15 is 0 Å². The van der Waals surface area contributed by atoms with E-state index in [2.05, 4.69) is 29.2 Å². The molecule has 1 aromatic carbocycles. The summed E-state index contributed by atoms with van der Waals surface area (Å²) < 4.78 is 0. The molecule has 114 valence electrons. The molecule has 0 spiro atoms. The Morgan fingerprint density at radius 1 is 0.950 bits per heavy atom. The average Bonchev–Trinajstić information content (AvgIpc) is 2.47. The van der Waals surface area contributed by atoms with Crippen LogP contribution < -0.4 is 10.6 Å². The molecule has 0 aliphatic rings. The topological polar surface area (TPSA) is 29.3 Å². The third-order valence-electron chi connectivity index (χ3n) is 3.03. The van der Waals surface area contributed by atoms with Crippen molar-refractivity contribution in [2.24, 2.45) is 5.73 Å². The van der Waals surface area contributed by atoms with Gasteiger partial charge in [0.25, 0.3) is 0 Å². The fourth-order valence-electron chi connectivity index (χ4n) is 1.94. The quantitative estimate of drug-likeness (QED) is 0.373. The highest BCUT2D eigenvalue weighted by Crippen LogP contribution is 2.23. The zero-order valence-electron chi connectivity index (χ0n) is 11.9. The Morgan fingerprint density at radius 2 is 1.60 bits per heavy atom. The van der Waals surface area contributed by atoms with Gasteiger partial charge in [0.2, 0.25) is 0 Å². The Labute approximate surface area is 137 Å². The van der Waals surface area contributed by atoms with Crippen molar-refractivity contribution in [1.82, 2.24) is 0 Å². The number of hydrogen-bond acceptors (Lipinski definition) is 3. The molecule has 0 atom stereocenters. The second-order valence-corrected chi connectivity index (χ2v) is 6.48. The molecule has 0 aromatic heterocycles. The maximum atomic E-state index is 5.83. The number of thioether (sulfide) groups is 1. The van der Waals surface area contributed by atoms with Crippen LogP contribution in [0.5, 0.6) is 0 Å². The van der Waals surface area contributed by atoms with Gasteiger partial charge in [0.1, 0.15) is 0 Å². The van der Waals surface area contributed by atoms with Gasteiger partial charge in [0.15, 0.2) is 0 Å². The fraction of sp³-hybridized carbons (Fsp3) is 0.600. The van der Waals surface area contributed by atoms with E-state index < -0.39 is 0 Å². The summed E-state index contributed by atoms with van der Waals surface area (Å²) in [5.74, 6) is 2.40. The fourth-order valence-corrected chi connectivity index (χ4v) is 3.26. The molecule has 1 rings (SSSR count). The van der Waals surface area contributed by atoms with Crippen LogP contribution in [0.1, 0.15) is 19.3 Å². The van der Waals surface area contributed by atoms with Gasteiger partial charge in [-0.2, -0.15) is 0 Å². The summed E-state index contributed by atoms with van der Waals surface area (Å²) in [4.78, 5) is 3.54. The molecule has 0 saturated carbocycles. The lowest BCUT2D eigenvalue weighted by Gasteiger charge is -2.22. The number of anilines is 1. The van der Waals surface area contributed by atoms with Gasteiger partial charge in [-0.3, -0.25) is 0 Å². The first-order valence-corrected chi connectivity index (χ1v) is 9.17. The van der Waals surface area contributed by atoms with Crippen LogP contribution in [0.25, 0.3) is 0 Å². The number of rotatable bonds is 11. The smallest absolute Gasteiger partial charge is 0.0399 e. The maximum Gasteiger partial charge on any atom is 0.0399 e. The zero-order valence-corrected chi connectivity index (χ0v) is 14.2. The van der Waals surface area contributed by atoms with E-state index in [0.29, 0.717) is 11.8 Å². The molecule has 1 aromatic rings. The van der Waals surface area contributed by atoms with Crippen LogP contribution in [0, 0.1) is 0 Å². The van der Waals surface area contributed by atoms with Crippen LogP contribution in [0.4, 0.5) is 5.69 Å². The third-order valence-corrected chi connectivity index (χ3v) is 4.46. The van der Waals surface area contributed by atoms with Crippen molar-refractivity contribution in [3.8, 4) is 0 Å². The normalized spacial score (nSPS) is 10.8. The predicted octanol–water partition coefficient (Wildman–Crippen LogP) is 4.19. The van der Waals surface area contributed by atoms with Gasteiger partial charge in [-0.05, 0) is 49.4 Å². The molecule has 0 bridgehead atoms. The van der Waals surface area contributed by atoms with Crippen molar-refractivity contribution in [2.45, 2.75) is 24.2 Å². The summed E-state index contributed by atoms with van der Waals surface area (Å²) in [6.07, 6.45) is 3.58. The number of unbranched alkanes of at least 4 members (excludes halogenated alkanes) is 2. The first-order chi connectivity index (χ1) is 9.81. The molecule has 0 aliphatic carbocycles. The Hall–Kier alpha value is -0.0900. The van der Waals surface area contributed by atoms with Crippen LogP contribution in [0.15, 0.2) is 29.2 Å². The second-order valence-electron chi connectivity index (χ2n) is 4.56. The number of nitrogens with two attached hydrogens (primary N) is 1. The van der Waals surface area contributed by atoms with Crippen LogP contribution in [0.3, 0.4) is 0 Å². The highest BCUT2D eigenvalue weighted by Gasteiger charge is 2.05. The van der Waals surface area contributed by atoms with E-state index in [4.69, 9.17) is 28.9 Å². The molecule has 20 heavy (non-hydrogen) atoms. The molecule has 0 amide bonds. The third kappa shape index (κ3) is 7.07. The van der Waals surface area contributed by atoms with E-state index in [1.54, 1.807) is 0 Å². The number of hydrogen-bond donors (Lipinski definition) is 1. The molecule has 2 nitrogen and oxygen atoms in total. The minimum Gasteiger partial charge on any atom is -0.369 e. The van der Waals surface area contributed by atoms with Gasteiger partial charge in [-0.25, -0.2) is 0 Å². The Kier molecular flexibility index (Phi) is 10.4. The minimum absolute atomic E-state index is 0.620. The molecule has 0 saturated heterocycles. The summed E-state index contributed by atoms with van der Waals surface area (Å²) in [5, 5.41) is 0. The van der Waals surface area contributed by atoms with Crippen LogP contribution in [-0.2, 0) is 0 Å². The van der Waals surface area contributed by atoms with Crippen molar-refractivity contribution >= 4 is 40.7 Å². The monoisotopic (exact) mass is 334 g/mol. The number of halogens is 2. The van der Waals surface area contributed by atoms with Gasteiger partial charge in [0.05, 0.1) is 0 Å². The molecular formula is C15H24Cl2N2S. The summed E-state index contributed by atoms with van der Waals surface area (Å²) in [6, 6.07) is 8.67. The number of nitrogens with zero attached hydrogens (tertiary/aromatic N) is 1. The Bertz CT molecular complexity index is 340. The van der Waals surface area contributed by atoms with Crippen molar-refractivity contribution in [3.05, 3.63) is 24.3 Å². The van der Waals surface area contributed by atoms with Gasteiger partial charge >= 0.3 is 0 Å². The van der Waals surface area contributed by atoms with Crippen molar-refractivity contribution in [3.63, 3.8) is 0 Å². The van der Waals surface area contributed by atoms with Gasteiger partial charge in [-0.1, -0.05) is 6.42 Å². The first-order valence-electron chi connectivity index (χ1n) is 7.11. The standard InChI is InChI=1S/C15H24Cl2N2S/c16-8-11-19(12-9-17)14-4-6-15(7-5-14)20-13-3-1-2-10-18/h4-7H,1-3,8-13,18H2. The van der Waals surface area contributed by atoms with Crippen LogP contribution >= 0.6 is 35.0 Å². The first kappa shape index (κ1) is 18.0. The number of benzene rings is 1. The number of alkyl halides is 2. The SMILES string of the molecule is NCCCCCSc1ccc(N(CCCl)CCCl)cc1. The zero-order chi connectivity index (χ0) is 14.6. The average molecular weight is 335 g/mol. The molecule has 0 radical (unpaired) electrons. The molecule has 0 fully saturated rings. The molecule has 2 N–H and O–H groups in total. The molecule has 0 unspecified atom stereocenters. The van der Waals surface area contributed by atoms with E-state index in [9.17, 15) is 0 Å². The summed E-state index contributed by atoms with van der Waals surface area (Å²) in [6.45, 7) is 2.47. The molecule has 0 aliphatic heterocycles. The maximum absolute atomic E-state index is 5.83. The van der Waals surface area contributed by atoms with E-state index in [1.807, 2.05) is 11.8 Å². The van der Waals surface area contributed by atoms with E-state index in [0.717, 1.165) is 31.8 Å². The summed E-state index contributed by atoms with van der Waals surface area (Å²) in [7, 11) is 0. The Morgan fingerprint density at radius 3 is 2.15 bits per heavy atom. The highest BCUT2D eigenvalue weighted by molar-refractivity contribution is 7.99. The van der Waals surface area contributed by atoms with E-state index in [-0.39, 0.29) is 0 Å². The predicted molar refractivity (Wildman–Crippen MR) is 93.7 cm³/mol. The minimum atomic E-state index is 0.620. The van der Waals surface area contributed by atoms with Crippen LogP contribution in [0.2, 0.25) is 0 Å². The van der Waals surface area contributed by atoms with Crippen molar-refractivity contribution in [1.29, 1.82) is 0 Å². The highest BCUT2D eigenvalue weighted by atomic mass is 35.5. The van der Waals surface area contributed by atoms with Crippen LogP contribution in [-0.4, -0.2) is 37.1 Å². The van der Waals surface area contributed by atoms with Crippen molar-refractivity contribution in [2.75, 3.05) is 42.0 Å². The largest absolute Gasteiger partial charge is 0.369 e. The van der Waals surface area contributed by atoms with Gasteiger partial charge < -0.3 is 10.6 Å². The lowest BCUT2D eigenvalue weighted by atomic mass is 10.2. The van der Waals surface area contributed by atoms with Crippen molar-refractivity contribution < 1.29 is 0 Å². The summed E-state index contributed by atoms with van der Waals surface area (Å²) in [5.41, 5.74) is 6.68. The van der Waals surface area contributed by atoms with E-state index in [1.165, 1.54) is 23.4 Å². The molecule has 0 heterocycles. The summed E-state index contributed by atoms with van der Waals surface area (Å²) >= 11 is 13.6. The lowest BCUT2D eigenvalue weighted by molar-refractivity contribution is 0.732. The van der Waals surface area contributed by atoms with Gasteiger partial charge in [-0.15, -0.1) is 35.0 Å². The molecule has 5 heteroatoms. The second kappa shape index (κ2) is 11.6. The molecular weight excluding hydrogens is 311 g/mol.